The Morgan fingerprint density at radius 3 is 2.24 bits per heavy atom. The van der Waals surface area contributed by atoms with Gasteiger partial charge in [-0.3, -0.25) is 48.6 Å². The van der Waals surface area contributed by atoms with E-state index in [0.29, 0.717) is 30.5 Å². The third-order valence-corrected chi connectivity index (χ3v) is 12.4. The van der Waals surface area contributed by atoms with Crippen LogP contribution in [0.5, 0.6) is 0 Å². The normalized spacial score (nSPS) is 20.4. The van der Waals surface area contributed by atoms with Gasteiger partial charge in [-0.1, -0.05) is 68.3 Å². The van der Waals surface area contributed by atoms with Crippen molar-refractivity contribution in [2.45, 2.75) is 133 Å². The van der Waals surface area contributed by atoms with Crippen molar-refractivity contribution < 1.29 is 43.2 Å². The number of aromatic nitrogens is 3. The topological polar surface area (TPSA) is 382 Å². The summed E-state index contributed by atoms with van der Waals surface area (Å²) in [6.45, 7) is 3.40. The van der Waals surface area contributed by atoms with E-state index in [1.54, 1.807) is 36.5 Å². The first-order valence-electron chi connectivity index (χ1n) is 24.8. The predicted octanol–water partition coefficient (Wildman–Crippen LogP) is -0.519. The Bertz CT molecular complexity index is 2570. The lowest BCUT2D eigenvalue weighted by molar-refractivity contribution is -0.136. The number of amides is 9. The van der Waals surface area contributed by atoms with Crippen LogP contribution in [0.2, 0.25) is 0 Å². The third-order valence-electron chi connectivity index (χ3n) is 12.4. The number of aromatic amines is 2. The maximum Gasteiger partial charge on any atom is 0.247 e. The number of rotatable bonds is 18. The minimum Gasteiger partial charge on any atom is -0.370 e. The average Bonchev–Trinajstić information content (AvgIpc) is 4.05. The monoisotopic (exact) mass is 1020 g/mol. The summed E-state index contributed by atoms with van der Waals surface area (Å²) in [7, 11) is 0. The summed E-state index contributed by atoms with van der Waals surface area (Å²) in [6, 6.07) is 6.33. The molecule has 2 aromatic heterocycles. The van der Waals surface area contributed by atoms with E-state index in [-0.39, 0.29) is 82.4 Å². The first-order valence-corrected chi connectivity index (χ1v) is 24.8. The molecule has 0 bridgehead atoms. The van der Waals surface area contributed by atoms with E-state index in [0.717, 1.165) is 10.9 Å². The van der Waals surface area contributed by atoms with Crippen LogP contribution in [-0.2, 0) is 56.0 Å². The highest BCUT2D eigenvalue weighted by Crippen LogP contribution is 2.20. The second kappa shape index (κ2) is 28.7. The molecule has 1 aliphatic heterocycles. The highest BCUT2D eigenvalue weighted by Gasteiger charge is 2.35. The highest BCUT2D eigenvalue weighted by molar-refractivity contribution is 5.98. The molecule has 5 rings (SSSR count). The number of H-pyrrole nitrogens is 2. The van der Waals surface area contributed by atoms with Crippen molar-refractivity contribution in [1.82, 2.24) is 62.8 Å². The van der Waals surface area contributed by atoms with E-state index < -0.39 is 95.5 Å². The Labute approximate surface area is 428 Å². The van der Waals surface area contributed by atoms with Crippen LogP contribution in [0.3, 0.4) is 0 Å². The number of hydrogen-bond acceptors (Lipinski definition) is 11. The van der Waals surface area contributed by atoms with Crippen LogP contribution in [0.1, 0.15) is 101 Å². The molecule has 1 unspecified atom stereocenters. The minimum atomic E-state index is -1.49. The van der Waals surface area contributed by atoms with Crippen molar-refractivity contribution in [2.24, 2.45) is 11.5 Å². The quantitative estimate of drug-likeness (QED) is 0.0340. The van der Waals surface area contributed by atoms with Crippen LogP contribution in [-0.4, -0.2) is 123 Å². The van der Waals surface area contributed by atoms with E-state index >= 15 is 0 Å². The number of carbonyl (C=O) groups excluding carboxylic acids is 9. The summed E-state index contributed by atoms with van der Waals surface area (Å²) >= 11 is 0. The molecule has 1 saturated heterocycles. The fraction of sp³-hybridized carbons (Fsp3) is 0.460. The average molecular weight is 1020 g/mol. The van der Waals surface area contributed by atoms with Gasteiger partial charge in [0, 0.05) is 62.6 Å². The lowest BCUT2D eigenvalue weighted by atomic mass is 10.0. The molecule has 9 amide bonds. The van der Waals surface area contributed by atoms with E-state index in [2.05, 4.69) is 62.8 Å². The number of guanidine groups is 1. The maximum absolute atomic E-state index is 14.6. The lowest BCUT2D eigenvalue weighted by Crippen LogP contribution is -2.59. The van der Waals surface area contributed by atoms with Crippen LogP contribution in [0.4, 0.5) is 0 Å². The van der Waals surface area contributed by atoms with Gasteiger partial charge >= 0.3 is 0 Å². The molecule has 3 heterocycles. The van der Waals surface area contributed by atoms with Crippen LogP contribution in [0, 0.1) is 5.41 Å². The van der Waals surface area contributed by atoms with Crippen molar-refractivity contribution >= 4 is 70.0 Å². The van der Waals surface area contributed by atoms with Gasteiger partial charge in [-0.15, -0.1) is 0 Å². The van der Waals surface area contributed by atoms with Gasteiger partial charge in [0.2, 0.25) is 53.2 Å². The molecule has 0 aliphatic carbocycles. The van der Waals surface area contributed by atoms with Crippen molar-refractivity contribution in [3.63, 3.8) is 0 Å². The van der Waals surface area contributed by atoms with Gasteiger partial charge in [0.05, 0.1) is 12.0 Å². The Morgan fingerprint density at radius 2 is 1.54 bits per heavy atom. The molecular formula is C50H69N15O9. The number of imidazole rings is 1. The molecule has 1 aliphatic rings. The fourth-order valence-electron chi connectivity index (χ4n) is 8.42. The molecule has 24 heteroatoms. The Hall–Kier alpha value is -8.31. The summed E-state index contributed by atoms with van der Waals surface area (Å²) in [5.74, 6) is -6.88. The van der Waals surface area contributed by atoms with Crippen molar-refractivity contribution in [3.8, 4) is 0 Å². The largest absolute Gasteiger partial charge is 0.370 e. The number of fused-ring (bicyclic) bond motifs is 1. The number of hydrogen-bond donors (Lipinski definition) is 14. The summed E-state index contributed by atoms with van der Waals surface area (Å²) in [5.41, 5.74) is 13.5. The zero-order valence-electron chi connectivity index (χ0n) is 41.6. The summed E-state index contributed by atoms with van der Waals surface area (Å²) in [5, 5.41) is 32.8. The zero-order chi connectivity index (χ0) is 53.6. The zero-order valence-corrected chi connectivity index (χ0v) is 41.6. The second-order valence-electron chi connectivity index (χ2n) is 18.2. The Balaban J connectivity index is 1.50. The van der Waals surface area contributed by atoms with E-state index in [4.69, 9.17) is 16.9 Å². The molecule has 4 aromatic rings. The van der Waals surface area contributed by atoms with Gasteiger partial charge in [-0.2, -0.15) is 0 Å². The highest BCUT2D eigenvalue weighted by atomic mass is 16.2. The molecule has 16 N–H and O–H groups in total. The molecule has 24 nitrogen and oxygen atoms in total. The van der Waals surface area contributed by atoms with Gasteiger partial charge in [0.15, 0.2) is 5.96 Å². The van der Waals surface area contributed by atoms with Crippen LogP contribution in [0.25, 0.3) is 10.9 Å². The van der Waals surface area contributed by atoms with Gasteiger partial charge < -0.3 is 69.3 Å². The molecular weight excluding hydrogens is 955 g/mol. The number of benzene rings is 2. The summed E-state index contributed by atoms with van der Waals surface area (Å²) in [6.07, 6.45) is 6.16. The lowest BCUT2D eigenvalue weighted by Gasteiger charge is -2.28. The number of nitrogens with zero attached hydrogens (tertiary/aromatic N) is 1. The number of unbranched alkanes of at least 4 members (excludes halogenated alkanes) is 1. The Kier molecular flexibility index (Phi) is 21.9. The molecule has 1 fully saturated rings. The SMILES string of the molecule is CCCC[C@H](NC(C)=O)C(=O)N[C@H]1CCC(=O)NCCCC[C@@H](C(=O)N[C@@H](Cc2c[nH]c3ccccc23)C(N)=O)NC(=O)[C@H](CCCNC(=N)N)NC(=O)C(c2ccccc2)NC(=O)[C@H](Cc2c[nH]cn2)NC1=O. The predicted molar refractivity (Wildman–Crippen MR) is 273 cm³/mol. The summed E-state index contributed by atoms with van der Waals surface area (Å²) in [4.78, 5) is 135. The van der Waals surface area contributed by atoms with Crippen LogP contribution >= 0.6 is 0 Å². The number of para-hydroxylation sites is 1. The summed E-state index contributed by atoms with van der Waals surface area (Å²) < 4.78 is 0. The maximum atomic E-state index is 14.6. The third kappa shape index (κ3) is 17.8. The molecule has 0 spiro atoms. The molecule has 0 radical (unpaired) electrons. The fourth-order valence-corrected chi connectivity index (χ4v) is 8.42. The van der Waals surface area contributed by atoms with E-state index in [9.17, 15) is 43.2 Å². The van der Waals surface area contributed by atoms with Gasteiger partial charge in [-0.05, 0) is 62.1 Å². The first kappa shape index (κ1) is 56.6. The van der Waals surface area contributed by atoms with E-state index in [1.165, 1.54) is 19.4 Å². The van der Waals surface area contributed by atoms with E-state index in [1.807, 2.05) is 31.2 Å². The number of primary amides is 1. The molecule has 7 atom stereocenters. The second-order valence-corrected chi connectivity index (χ2v) is 18.2. The van der Waals surface area contributed by atoms with Crippen molar-refractivity contribution in [1.29, 1.82) is 5.41 Å². The number of carbonyl (C=O) groups is 9. The standard InChI is InChI=1S/C50H69N15O9/c1-3-4-16-35(59-29(2)66)44(69)61-38-20-21-41(67)55-22-11-10-18-36(46(71)63-39(43(51)68)24-31-26-57-34-17-9-8-15-33(31)34)60-45(70)37(19-12-23-56-50(52)53)62-49(74)42(30-13-6-5-7-14-30)65-48(73)40(64-47(38)72)25-32-27-54-28-58-32/h5-9,13-15,17,26-28,35-40,42,57H,3-4,10-12,16,18-25H2,1-2H3,(H2,51,68)(H,54,58)(H,55,67)(H,59,66)(H,60,70)(H,61,69)(H,62,74)(H,63,71)(H,64,72)(H,65,73)(H4,52,53,56)/t35-,36-,37-,38-,39-,40-,42?/m0/s1. The molecule has 0 saturated carbocycles. The van der Waals surface area contributed by atoms with Crippen molar-refractivity contribution in [2.75, 3.05) is 13.1 Å². The van der Waals surface area contributed by atoms with Gasteiger partial charge in [0.25, 0.3) is 0 Å². The number of nitrogens with two attached hydrogens (primary N) is 2. The van der Waals surface area contributed by atoms with Crippen molar-refractivity contribution in [3.05, 3.63) is 90.1 Å². The first-order chi connectivity index (χ1) is 35.5. The smallest absolute Gasteiger partial charge is 0.247 e. The number of nitrogens with one attached hydrogen (secondary N) is 12. The van der Waals surface area contributed by atoms with Crippen LogP contribution < -0.4 is 59.3 Å². The molecule has 398 valence electrons. The van der Waals surface area contributed by atoms with Gasteiger partial charge in [0.1, 0.15) is 42.3 Å². The van der Waals surface area contributed by atoms with Crippen LogP contribution in [0.15, 0.2) is 73.3 Å². The molecule has 2 aromatic carbocycles. The van der Waals surface area contributed by atoms with Gasteiger partial charge in [-0.25, -0.2) is 4.98 Å². The minimum absolute atomic E-state index is 0.000426. The Morgan fingerprint density at radius 1 is 0.811 bits per heavy atom. The molecule has 74 heavy (non-hydrogen) atoms.